The molecule has 0 saturated carbocycles. The van der Waals surface area contributed by atoms with Crippen LogP contribution in [0.2, 0.25) is 0 Å². The topological polar surface area (TPSA) is 27.0 Å². The van der Waals surface area contributed by atoms with Crippen LogP contribution in [-0.2, 0) is 0 Å². The molecule has 2 nitrogen and oxygen atoms in total. The zero-order chi connectivity index (χ0) is 12.0. The third kappa shape index (κ3) is 7.11. The molecule has 0 fully saturated rings. The molecule has 1 aromatic rings. The van der Waals surface area contributed by atoms with Gasteiger partial charge in [0.2, 0.25) is 0 Å². The maximum atomic E-state index is 12.4. The van der Waals surface area contributed by atoms with E-state index in [4.69, 9.17) is 5.26 Å². The van der Waals surface area contributed by atoms with Gasteiger partial charge in [-0.15, -0.1) is 0 Å². The second-order valence-corrected chi connectivity index (χ2v) is 3.40. The summed E-state index contributed by atoms with van der Waals surface area (Å²) >= 11 is 0. The predicted molar refractivity (Wildman–Crippen MR) is 58.0 cm³/mol. The molecule has 86 valence electrons. The molecular formula is C10H11BF3KN2. The standard InChI is InChI=1S/C10H11BF3N2.K/c12-11(13,14)9-16(8-4-7-15)10-5-2-1-3-6-10;/h1-3,5-6H,4,8-9H2;/q-1;+1. The van der Waals surface area contributed by atoms with Gasteiger partial charge in [0.25, 0.3) is 0 Å². The van der Waals surface area contributed by atoms with Crippen molar-refractivity contribution in [3.63, 3.8) is 0 Å². The van der Waals surface area contributed by atoms with Crippen LogP contribution in [0.3, 0.4) is 0 Å². The normalized spacial score (nSPS) is 10.2. The molecule has 0 saturated heterocycles. The maximum absolute atomic E-state index is 12.4. The molecule has 0 aliphatic heterocycles. The number of hydrogen-bond acceptors (Lipinski definition) is 2. The maximum Gasteiger partial charge on any atom is 1.00 e. The van der Waals surface area contributed by atoms with E-state index >= 15 is 0 Å². The van der Waals surface area contributed by atoms with Gasteiger partial charge in [0.05, 0.1) is 12.5 Å². The van der Waals surface area contributed by atoms with E-state index in [-0.39, 0.29) is 64.4 Å². The third-order valence-corrected chi connectivity index (χ3v) is 2.04. The van der Waals surface area contributed by atoms with Crippen molar-refractivity contribution in [1.82, 2.24) is 0 Å². The Morgan fingerprint density at radius 3 is 2.24 bits per heavy atom. The molecule has 0 aromatic heterocycles. The molecule has 1 rings (SSSR count). The van der Waals surface area contributed by atoms with Crippen LogP contribution >= 0.6 is 0 Å². The van der Waals surface area contributed by atoms with Crippen molar-refractivity contribution in [3.05, 3.63) is 30.3 Å². The minimum Gasteiger partial charge on any atom is -0.448 e. The zero-order valence-electron chi connectivity index (χ0n) is 9.61. The summed E-state index contributed by atoms with van der Waals surface area (Å²) in [7, 11) is 0. The number of anilines is 1. The summed E-state index contributed by atoms with van der Waals surface area (Å²) < 4.78 is 37.1. The molecule has 0 spiro atoms. The van der Waals surface area contributed by atoms with Gasteiger partial charge in [-0.25, -0.2) is 0 Å². The average Bonchev–Trinajstić information content (AvgIpc) is 2.24. The molecule has 0 aliphatic carbocycles. The van der Waals surface area contributed by atoms with E-state index in [9.17, 15) is 12.9 Å². The third-order valence-electron chi connectivity index (χ3n) is 2.04. The van der Waals surface area contributed by atoms with E-state index in [1.807, 2.05) is 6.07 Å². The van der Waals surface area contributed by atoms with Crippen LogP contribution in [-0.4, -0.2) is 20.0 Å². The first-order chi connectivity index (χ1) is 7.53. The van der Waals surface area contributed by atoms with E-state index in [0.29, 0.717) is 5.69 Å². The fourth-order valence-corrected chi connectivity index (χ4v) is 1.40. The predicted octanol–water partition coefficient (Wildman–Crippen LogP) is -0.203. The Morgan fingerprint density at radius 2 is 1.76 bits per heavy atom. The zero-order valence-corrected chi connectivity index (χ0v) is 12.7. The van der Waals surface area contributed by atoms with E-state index < -0.39 is 13.4 Å². The number of nitrogens with zero attached hydrogens (tertiary/aromatic N) is 2. The average molecular weight is 266 g/mol. The summed E-state index contributed by atoms with van der Waals surface area (Å²) in [5.74, 6) is 0. The van der Waals surface area contributed by atoms with E-state index in [1.54, 1.807) is 30.3 Å². The van der Waals surface area contributed by atoms with Gasteiger partial charge in [-0.2, -0.15) is 5.26 Å². The monoisotopic (exact) mass is 266 g/mol. The first-order valence-electron chi connectivity index (χ1n) is 4.91. The number of halogens is 3. The van der Waals surface area contributed by atoms with Crippen LogP contribution < -0.4 is 56.3 Å². The van der Waals surface area contributed by atoms with Crippen molar-refractivity contribution >= 4 is 12.7 Å². The number of benzene rings is 1. The van der Waals surface area contributed by atoms with Gasteiger partial charge >= 0.3 is 58.4 Å². The molecule has 0 aliphatic rings. The van der Waals surface area contributed by atoms with E-state index in [0.717, 1.165) is 0 Å². The number of nitriles is 1. The van der Waals surface area contributed by atoms with Gasteiger partial charge in [-0.1, -0.05) is 18.2 Å². The van der Waals surface area contributed by atoms with Crippen molar-refractivity contribution in [1.29, 1.82) is 5.26 Å². The first kappa shape index (κ1) is 17.0. The number of hydrogen-bond donors (Lipinski definition) is 0. The van der Waals surface area contributed by atoms with Crippen molar-refractivity contribution in [2.24, 2.45) is 0 Å². The Balaban J connectivity index is 0.00000256. The van der Waals surface area contributed by atoms with Gasteiger partial charge in [0.1, 0.15) is 0 Å². The number of para-hydroxylation sites is 1. The molecule has 17 heavy (non-hydrogen) atoms. The minimum atomic E-state index is -4.88. The van der Waals surface area contributed by atoms with Gasteiger partial charge in [-0.05, 0) is 18.6 Å². The van der Waals surface area contributed by atoms with Gasteiger partial charge in [-0.3, -0.25) is 0 Å². The quantitative estimate of drug-likeness (QED) is 0.690. The van der Waals surface area contributed by atoms with Crippen molar-refractivity contribution < 1.29 is 64.3 Å². The van der Waals surface area contributed by atoms with Crippen molar-refractivity contribution in [2.45, 2.75) is 6.42 Å². The van der Waals surface area contributed by atoms with Crippen LogP contribution in [0.4, 0.5) is 18.6 Å². The molecule has 0 bridgehead atoms. The molecule has 0 N–H and O–H groups in total. The molecule has 0 amide bonds. The second kappa shape index (κ2) is 8.16. The van der Waals surface area contributed by atoms with Crippen LogP contribution in [0.1, 0.15) is 6.42 Å². The Kier molecular flexibility index (Phi) is 8.16. The van der Waals surface area contributed by atoms with Crippen LogP contribution in [0.25, 0.3) is 0 Å². The Hall–Kier alpha value is 0.00130. The summed E-state index contributed by atoms with van der Waals surface area (Å²) in [5, 5.41) is 8.41. The summed E-state index contributed by atoms with van der Waals surface area (Å²) in [6, 6.07) is 10.2. The fourth-order valence-electron chi connectivity index (χ4n) is 1.40. The Bertz CT molecular complexity index is 364. The molecule has 0 atom stereocenters. The fraction of sp³-hybridized carbons (Fsp3) is 0.300. The molecular weight excluding hydrogens is 255 g/mol. The molecule has 0 radical (unpaired) electrons. The SMILES string of the molecule is N#CCCN(C[B-](F)(F)F)c1ccccc1.[K+]. The van der Waals surface area contributed by atoms with Crippen molar-refractivity contribution in [2.75, 3.05) is 17.9 Å². The number of rotatable bonds is 5. The summed E-state index contributed by atoms with van der Waals surface area (Å²) in [6.45, 7) is -4.78. The molecule has 0 heterocycles. The van der Waals surface area contributed by atoms with Gasteiger partial charge in [0, 0.05) is 12.2 Å². The Labute approximate surface area is 141 Å². The van der Waals surface area contributed by atoms with Crippen LogP contribution in [0, 0.1) is 11.3 Å². The minimum absolute atomic E-state index is 0. The van der Waals surface area contributed by atoms with E-state index in [2.05, 4.69) is 0 Å². The first-order valence-corrected chi connectivity index (χ1v) is 4.91. The largest absolute Gasteiger partial charge is 1.00 e. The molecule has 7 heteroatoms. The summed E-state index contributed by atoms with van der Waals surface area (Å²) in [6.07, 6.45) is -0.882. The second-order valence-electron chi connectivity index (χ2n) is 3.40. The van der Waals surface area contributed by atoms with Crippen molar-refractivity contribution in [3.8, 4) is 6.07 Å². The summed E-state index contributed by atoms with van der Waals surface area (Å²) in [4.78, 5) is 1.18. The van der Waals surface area contributed by atoms with Crippen LogP contribution in [0.5, 0.6) is 0 Å². The van der Waals surface area contributed by atoms with Gasteiger partial charge < -0.3 is 17.8 Å². The molecule has 1 aromatic carbocycles. The summed E-state index contributed by atoms with van der Waals surface area (Å²) in [5.41, 5.74) is 0.497. The molecule has 0 unspecified atom stereocenters. The van der Waals surface area contributed by atoms with Gasteiger partial charge in [0.15, 0.2) is 0 Å². The Morgan fingerprint density at radius 1 is 1.18 bits per heavy atom. The smallest absolute Gasteiger partial charge is 0.448 e. The van der Waals surface area contributed by atoms with E-state index in [1.165, 1.54) is 4.90 Å². The van der Waals surface area contributed by atoms with Crippen LogP contribution in [0.15, 0.2) is 30.3 Å².